The lowest BCUT2D eigenvalue weighted by molar-refractivity contribution is 0.340. The van der Waals surface area contributed by atoms with Crippen LogP contribution in [0.2, 0.25) is 0 Å². The third-order valence-electron chi connectivity index (χ3n) is 2.28. The monoisotopic (exact) mass is 235 g/mol. The number of aromatic amines is 1. The average molecular weight is 235 g/mol. The largest absolute Gasteiger partial charge is 0.494 e. The van der Waals surface area contributed by atoms with Gasteiger partial charge in [-0.1, -0.05) is 11.3 Å². The molecule has 1 N–H and O–H groups in total. The highest BCUT2D eigenvalue weighted by Crippen LogP contribution is 2.24. The Morgan fingerprint density at radius 2 is 2.00 bits per heavy atom. The van der Waals surface area contributed by atoms with Gasteiger partial charge in [0.15, 0.2) is 0 Å². The fourth-order valence-electron chi connectivity index (χ4n) is 1.57. The van der Waals surface area contributed by atoms with Gasteiger partial charge in [0, 0.05) is 4.88 Å². The van der Waals surface area contributed by atoms with Gasteiger partial charge in [-0.05, 0) is 43.7 Å². The van der Waals surface area contributed by atoms with Crippen molar-refractivity contribution >= 4 is 11.3 Å². The van der Waals surface area contributed by atoms with E-state index in [0.29, 0.717) is 6.61 Å². The van der Waals surface area contributed by atoms with E-state index in [1.807, 2.05) is 38.1 Å². The highest BCUT2D eigenvalue weighted by Gasteiger charge is 2.05. The predicted octanol–water partition coefficient (Wildman–Crippen LogP) is 2.81. The van der Waals surface area contributed by atoms with E-state index in [9.17, 15) is 4.79 Å². The zero-order valence-corrected chi connectivity index (χ0v) is 10.1. The molecule has 0 atom stereocenters. The second-order valence-electron chi connectivity index (χ2n) is 3.40. The summed E-state index contributed by atoms with van der Waals surface area (Å²) in [4.78, 5) is 15.0. The van der Waals surface area contributed by atoms with E-state index in [1.165, 1.54) is 11.3 Å². The van der Waals surface area contributed by atoms with Crippen LogP contribution in [0.25, 0.3) is 11.3 Å². The molecule has 4 heteroatoms. The molecule has 0 radical (unpaired) electrons. The number of thiazole rings is 1. The molecular weight excluding hydrogens is 222 g/mol. The standard InChI is InChI=1S/C12H13NO2S/c1-3-15-10-6-4-9(5-7-10)11-8(2)16-12(14)13-11/h4-7H,3H2,1-2H3,(H,13,14). The van der Waals surface area contributed by atoms with Crippen LogP contribution in [-0.2, 0) is 0 Å². The molecule has 3 nitrogen and oxygen atoms in total. The zero-order chi connectivity index (χ0) is 11.5. The second-order valence-corrected chi connectivity index (χ2v) is 4.59. The van der Waals surface area contributed by atoms with E-state index in [-0.39, 0.29) is 4.87 Å². The molecule has 0 saturated heterocycles. The number of rotatable bonds is 3. The van der Waals surface area contributed by atoms with Crippen LogP contribution in [0.15, 0.2) is 29.1 Å². The summed E-state index contributed by atoms with van der Waals surface area (Å²) in [6, 6.07) is 7.73. The smallest absolute Gasteiger partial charge is 0.305 e. The van der Waals surface area contributed by atoms with Gasteiger partial charge in [0.2, 0.25) is 0 Å². The van der Waals surface area contributed by atoms with Crippen LogP contribution in [0.1, 0.15) is 11.8 Å². The van der Waals surface area contributed by atoms with E-state index in [2.05, 4.69) is 4.98 Å². The van der Waals surface area contributed by atoms with Crippen LogP contribution >= 0.6 is 11.3 Å². The van der Waals surface area contributed by atoms with Crippen molar-refractivity contribution in [2.45, 2.75) is 13.8 Å². The third-order valence-corrected chi connectivity index (χ3v) is 3.08. The van der Waals surface area contributed by atoms with Gasteiger partial charge in [-0.25, -0.2) is 0 Å². The Hall–Kier alpha value is -1.55. The van der Waals surface area contributed by atoms with Crippen molar-refractivity contribution in [1.82, 2.24) is 4.98 Å². The van der Waals surface area contributed by atoms with Crippen LogP contribution in [0.5, 0.6) is 5.75 Å². The molecule has 84 valence electrons. The van der Waals surface area contributed by atoms with Gasteiger partial charge in [-0.3, -0.25) is 4.79 Å². The number of hydrogen-bond donors (Lipinski definition) is 1. The Morgan fingerprint density at radius 3 is 2.50 bits per heavy atom. The van der Waals surface area contributed by atoms with Crippen molar-refractivity contribution in [3.8, 4) is 17.0 Å². The summed E-state index contributed by atoms with van der Waals surface area (Å²) in [6.45, 7) is 4.55. The lowest BCUT2D eigenvalue weighted by Crippen LogP contribution is -1.93. The van der Waals surface area contributed by atoms with Crippen LogP contribution in [0.4, 0.5) is 0 Å². The average Bonchev–Trinajstić information content (AvgIpc) is 2.59. The number of hydrogen-bond acceptors (Lipinski definition) is 3. The zero-order valence-electron chi connectivity index (χ0n) is 9.24. The van der Waals surface area contributed by atoms with E-state index < -0.39 is 0 Å². The Bertz CT molecular complexity index is 525. The normalized spacial score (nSPS) is 10.4. The first-order valence-corrected chi connectivity index (χ1v) is 5.95. The van der Waals surface area contributed by atoms with Gasteiger partial charge in [0.1, 0.15) is 5.75 Å². The van der Waals surface area contributed by atoms with Crippen LogP contribution < -0.4 is 9.61 Å². The molecule has 0 fully saturated rings. The Balaban J connectivity index is 2.34. The highest BCUT2D eigenvalue weighted by molar-refractivity contribution is 7.09. The van der Waals surface area contributed by atoms with Crippen LogP contribution in [0, 0.1) is 6.92 Å². The lowest BCUT2D eigenvalue weighted by Gasteiger charge is -2.04. The van der Waals surface area contributed by atoms with Crippen LogP contribution in [-0.4, -0.2) is 11.6 Å². The molecule has 0 aliphatic rings. The Labute approximate surface area is 97.7 Å². The van der Waals surface area contributed by atoms with Gasteiger partial charge >= 0.3 is 4.87 Å². The van der Waals surface area contributed by atoms with Crippen molar-refractivity contribution in [2.24, 2.45) is 0 Å². The number of benzene rings is 1. The van der Waals surface area contributed by atoms with Crippen molar-refractivity contribution < 1.29 is 4.74 Å². The predicted molar refractivity (Wildman–Crippen MR) is 66.3 cm³/mol. The molecule has 1 aromatic carbocycles. The minimum atomic E-state index is -0.0126. The summed E-state index contributed by atoms with van der Waals surface area (Å²) in [7, 11) is 0. The molecule has 16 heavy (non-hydrogen) atoms. The number of aryl methyl sites for hydroxylation is 1. The first kappa shape index (κ1) is 11.0. The topological polar surface area (TPSA) is 42.1 Å². The molecule has 0 aliphatic heterocycles. The first-order chi connectivity index (χ1) is 7.70. The SMILES string of the molecule is CCOc1ccc(-c2[nH]c(=O)sc2C)cc1. The maximum absolute atomic E-state index is 11.2. The number of H-pyrrole nitrogens is 1. The molecule has 0 amide bonds. The second kappa shape index (κ2) is 4.53. The van der Waals surface area contributed by atoms with Crippen LogP contribution in [0.3, 0.4) is 0 Å². The first-order valence-electron chi connectivity index (χ1n) is 5.13. The molecule has 2 rings (SSSR count). The van der Waals surface area contributed by atoms with Crippen molar-refractivity contribution in [2.75, 3.05) is 6.61 Å². The minimum Gasteiger partial charge on any atom is -0.494 e. The van der Waals surface area contributed by atoms with E-state index in [0.717, 1.165) is 21.9 Å². The minimum absolute atomic E-state index is 0.0126. The van der Waals surface area contributed by atoms with Gasteiger partial charge in [-0.15, -0.1) is 0 Å². The molecule has 0 saturated carbocycles. The van der Waals surface area contributed by atoms with E-state index in [1.54, 1.807) is 0 Å². The molecule has 1 aromatic heterocycles. The number of ether oxygens (including phenoxy) is 1. The van der Waals surface area contributed by atoms with Crippen molar-refractivity contribution in [3.63, 3.8) is 0 Å². The molecule has 0 unspecified atom stereocenters. The maximum Gasteiger partial charge on any atom is 0.305 e. The Kier molecular flexibility index (Phi) is 3.10. The van der Waals surface area contributed by atoms with Gasteiger partial charge < -0.3 is 9.72 Å². The molecule has 2 aromatic rings. The molecule has 0 spiro atoms. The van der Waals surface area contributed by atoms with Gasteiger partial charge in [-0.2, -0.15) is 0 Å². The summed E-state index contributed by atoms with van der Waals surface area (Å²) in [6.07, 6.45) is 0. The number of aromatic nitrogens is 1. The quantitative estimate of drug-likeness (QED) is 0.888. The van der Waals surface area contributed by atoms with E-state index >= 15 is 0 Å². The lowest BCUT2D eigenvalue weighted by atomic mass is 10.1. The maximum atomic E-state index is 11.2. The summed E-state index contributed by atoms with van der Waals surface area (Å²) < 4.78 is 5.36. The summed E-state index contributed by atoms with van der Waals surface area (Å²) in [5.74, 6) is 0.849. The highest BCUT2D eigenvalue weighted by atomic mass is 32.1. The third kappa shape index (κ3) is 2.17. The Morgan fingerprint density at radius 1 is 1.31 bits per heavy atom. The number of nitrogens with one attached hydrogen (secondary N) is 1. The fraction of sp³-hybridized carbons (Fsp3) is 0.250. The van der Waals surface area contributed by atoms with Crippen molar-refractivity contribution in [3.05, 3.63) is 38.8 Å². The fourth-order valence-corrected chi connectivity index (χ4v) is 2.27. The molecule has 0 aliphatic carbocycles. The molecule has 0 bridgehead atoms. The van der Waals surface area contributed by atoms with Gasteiger partial charge in [0.05, 0.1) is 12.3 Å². The van der Waals surface area contributed by atoms with Crippen molar-refractivity contribution in [1.29, 1.82) is 0 Å². The van der Waals surface area contributed by atoms with E-state index in [4.69, 9.17) is 4.74 Å². The summed E-state index contributed by atoms with van der Waals surface area (Å²) in [5, 5.41) is 0. The summed E-state index contributed by atoms with van der Waals surface area (Å²) in [5.41, 5.74) is 1.91. The molecular formula is C12H13NO2S. The van der Waals surface area contributed by atoms with Gasteiger partial charge in [0.25, 0.3) is 0 Å². The molecule has 1 heterocycles. The summed E-state index contributed by atoms with van der Waals surface area (Å²) >= 11 is 1.24.